The third kappa shape index (κ3) is 3.79. The molecule has 32 heavy (non-hydrogen) atoms. The van der Waals surface area contributed by atoms with E-state index in [-0.39, 0.29) is 41.8 Å². The van der Waals surface area contributed by atoms with Crippen LogP contribution < -0.4 is 5.32 Å². The Bertz CT molecular complexity index is 881. The van der Waals surface area contributed by atoms with Gasteiger partial charge in [-0.15, -0.1) is 0 Å². The molecule has 7 atom stereocenters. The second-order valence-corrected chi connectivity index (χ2v) is 10.4. The maximum atomic E-state index is 13.0. The van der Waals surface area contributed by atoms with Gasteiger partial charge in [0.05, 0.1) is 11.6 Å². The molecular formula is C27H37NO4. The van der Waals surface area contributed by atoms with Crippen LogP contribution in [0.4, 0.5) is 0 Å². The highest BCUT2D eigenvalue weighted by Crippen LogP contribution is 2.62. The predicted octanol–water partition coefficient (Wildman–Crippen LogP) is 4.76. The van der Waals surface area contributed by atoms with Crippen LogP contribution in [0.25, 0.3) is 6.08 Å². The van der Waals surface area contributed by atoms with E-state index >= 15 is 0 Å². The Hall–Kier alpha value is -2.14. The summed E-state index contributed by atoms with van der Waals surface area (Å²) in [5, 5.41) is 3.25. The van der Waals surface area contributed by atoms with Crippen molar-refractivity contribution >= 4 is 18.0 Å². The van der Waals surface area contributed by atoms with Gasteiger partial charge in [-0.1, -0.05) is 58.0 Å². The van der Waals surface area contributed by atoms with Gasteiger partial charge in [0, 0.05) is 24.8 Å². The first-order valence-electron chi connectivity index (χ1n) is 12.1. The van der Waals surface area contributed by atoms with E-state index in [9.17, 15) is 9.59 Å². The molecule has 5 heteroatoms. The third-order valence-electron chi connectivity index (χ3n) is 8.34. The van der Waals surface area contributed by atoms with Crippen molar-refractivity contribution in [3.63, 3.8) is 0 Å². The molecule has 1 amide bonds. The number of carbonyl (C=O) groups is 2. The normalized spacial score (nSPS) is 38.1. The molecule has 1 aliphatic carbocycles. The summed E-state index contributed by atoms with van der Waals surface area (Å²) in [5.41, 5.74) is -0.0742. The van der Waals surface area contributed by atoms with E-state index in [4.69, 9.17) is 9.47 Å². The summed E-state index contributed by atoms with van der Waals surface area (Å²) in [6.45, 7) is 10.6. The Morgan fingerprint density at radius 1 is 1.25 bits per heavy atom. The van der Waals surface area contributed by atoms with Crippen LogP contribution in [-0.4, -0.2) is 35.2 Å². The number of ether oxygens (including phenoxy) is 2. The van der Waals surface area contributed by atoms with Gasteiger partial charge in [-0.2, -0.15) is 0 Å². The standard InChI is InChI=1S/C27H37NO4/c1-6-22(29)28-21-16-27(17(2)3)25(24-18(4)12-14-20(24)26(21,5)32-27)31-23(30)15-13-19-10-8-7-9-11-19/h7-11,13,15,17-18,20-21,24-25H,6,12,14,16H2,1-5H3,(H,28,29)/b15-13+. The van der Waals surface area contributed by atoms with Crippen LogP contribution in [0.1, 0.15) is 65.9 Å². The number of esters is 1. The van der Waals surface area contributed by atoms with Gasteiger partial charge in [0.25, 0.3) is 0 Å². The molecule has 1 aromatic rings. The molecule has 3 aliphatic rings. The molecule has 5 nitrogen and oxygen atoms in total. The van der Waals surface area contributed by atoms with Gasteiger partial charge in [-0.05, 0) is 49.2 Å². The van der Waals surface area contributed by atoms with Crippen LogP contribution >= 0.6 is 0 Å². The second kappa shape index (κ2) is 8.66. The van der Waals surface area contributed by atoms with Gasteiger partial charge >= 0.3 is 5.97 Å². The summed E-state index contributed by atoms with van der Waals surface area (Å²) in [7, 11) is 0. The van der Waals surface area contributed by atoms with Crippen LogP contribution in [0.2, 0.25) is 0 Å². The quantitative estimate of drug-likeness (QED) is 0.513. The van der Waals surface area contributed by atoms with Crippen molar-refractivity contribution in [3.05, 3.63) is 42.0 Å². The van der Waals surface area contributed by atoms with Crippen molar-refractivity contribution in [1.29, 1.82) is 0 Å². The van der Waals surface area contributed by atoms with E-state index in [1.165, 1.54) is 6.08 Å². The minimum atomic E-state index is -0.601. The van der Waals surface area contributed by atoms with Crippen molar-refractivity contribution in [2.75, 3.05) is 0 Å². The fourth-order valence-electron chi connectivity index (χ4n) is 6.52. The van der Waals surface area contributed by atoms with Crippen molar-refractivity contribution in [1.82, 2.24) is 5.32 Å². The maximum Gasteiger partial charge on any atom is 0.331 e. The largest absolute Gasteiger partial charge is 0.456 e. The molecule has 2 heterocycles. The van der Waals surface area contributed by atoms with Gasteiger partial charge < -0.3 is 14.8 Å². The number of nitrogens with one attached hydrogen (secondary N) is 1. The molecule has 4 rings (SSSR count). The lowest BCUT2D eigenvalue weighted by Crippen LogP contribution is -2.63. The lowest BCUT2D eigenvalue weighted by atomic mass is 9.69. The summed E-state index contributed by atoms with van der Waals surface area (Å²) in [4.78, 5) is 25.3. The van der Waals surface area contributed by atoms with Gasteiger partial charge in [-0.3, -0.25) is 4.79 Å². The lowest BCUT2D eigenvalue weighted by molar-refractivity contribution is -0.259. The molecule has 2 aliphatic heterocycles. The maximum absolute atomic E-state index is 13.0. The molecule has 0 spiro atoms. The highest BCUT2D eigenvalue weighted by atomic mass is 16.6. The van der Waals surface area contributed by atoms with E-state index in [1.807, 2.05) is 37.3 Å². The van der Waals surface area contributed by atoms with E-state index in [1.54, 1.807) is 6.08 Å². The van der Waals surface area contributed by atoms with Gasteiger partial charge in [0.1, 0.15) is 11.7 Å². The Labute approximate surface area is 191 Å². The van der Waals surface area contributed by atoms with E-state index in [0.29, 0.717) is 18.8 Å². The number of carbonyl (C=O) groups excluding carboxylic acids is 2. The zero-order valence-corrected chi connectivity index (χ0v) is 20.0. The zero-order valence-electron chi connectivity index (χ0n) is 20.0. The highest BCUT2D eigenvalue weighted by molar-refractivity contribution is 5.87. The van der Waals surface area contributed by atoms with E-state index in [0.717, 1.165) is 18.4 Å². The fourth-order valence-corrected chi connectivity index (χ4v) is 6.52. The first-order chi connectivity index (χ1) is 15.2. The lowest BCUT2D eigenvalue weighted by Gasteiger charge is -2.53. The molecule has 174 valence electrons. The molecule has 0 radical (unpaired) electrons. The predicted molar refractivity (Wildman–Crippen MR) is 125 cm³/mol. The Kier molecular flexibility index (Phi) is 6.23. The number of amides is 1. The topological polar surface area (TPSA) is 64.6 Å². The number of benzene rings is 1. The molecule has 2 saturated heterocycles. The van der Waals surface area contributed by atoms with E-state index in [2.05, 4.69) is 33.0 Å². The van der Waals surface area contributed by atoms with Crippen LogP contribution in [0, 0.1) is 23.7 Å². The van der Waals surface area contributed by atoms with Gasteiger partial charge in [0.2, 0.25) is 5.91 Å². The van der Waals surface area contributed by atoms with Crippen LogP contribution in [0.15, 0.2) is 36.4 Å². The Morgan fingerprint density at radius 2 is 1.97 bits per heavy atom. The smallest absolute Gasteiger partial charge is 0.331 e. The van der Waals surface area contributed by atoms with Crippen LogP contribution in [0.5, 0.6) is 0 Å². The van der Waals surface area contributed by atoms with Gasteiger partial charge in [-0.25, -0.2) is 4.79 Å². The summed E-state index contributed by atoms with van der Waals surface area (Å²) in [6.07, 6.45) is 6.24. The van der Waals surface area contributed by atoms with Crippen LogP contribution in [0.3, 0.4) is 0 Å². The number of fused-ring (bicyclic) bond motifs is 4. The zero-order chi connectivity index (χ0) is 23.1. The monoisotopic (exact) mass is 439 g/mol. The molecule has 0 aromatic heterocycles. The first kappa shape index (κ1) is 23.0. The molecule has 2 bridgehead atoms. The summed E-state index contributed by atoms with van der Waals surface area (Å²) < 4.78 is 13.2. The highest BCUT2D eigenvalue weighted by Gasteiger charge is 2.71. The minimum Gasteiger partial charge on any atom is -0.456 e. The average molecular weight is 440 g/mol. The van der Waals surface area contributed by atoms with Crippen molar-refractivity contribution in [2.45, 2.75) is 83.6 Å². The van der Waals surface area contributed by atoms with Gasteiger partial charge in [0.15, 0.2) is 0 Å². The first-order valence-corrected chi connectivity index (χ1v) is 12.1. The molecular weight excluding hydrogens is 402 g/mol. The molecule has 7 unspecified atom stereocenters. The van der Waals surface area contributed by atoms with Crippen molar-refractivity contribution in [2.24, 2.45) is 23.7 Å². The van der Waals surface area contributed by atoms with Crippen LogP contribution in [-0.2, 0) is 19.1 Å². The number of hydrogen-bond donors (Lipinski definition) is 1. The minimum absolute atomic E-state index is 0.0493. The fraction of sp³-hybridized carbons (Fsp3) is 0.630. The Morgan fingerprint density at radius 3 is 2.62 bits per heavy atom. The molecule has 1 N–H and O–H groups in total. The summed E-state index contributed by atoms with van der Waals surface area (Å²) in [5.74, 6) is 0.796. The second-order valence-electron chi connectivity index (χ2n) is 10.4. The Balaban J connectivity index is 1.65. The SMILES string of the molecule is CCC(=O)NC1CC2(C(C)C)OC1(C)C1CCC(C)C1C2OC(=O)/C=C/c1ccccc1. The molecule has 1 saturated carbocycles. The molecule has 3 fully saturated rings. The van der Waals surface area contributed by atoms with Crippen molar-refractivity contribution in [3.8, 4) is 0 Å². The third-order valence-corrected chi connectivity index (χ3v) is 8.34. The molecule has 1 aromatic carbocycles. The summed E-state index contributed by atoms with van der Waals surface area (Å²) >= 11 is 0. The van der Waals surface area contributed by atoms with E-state index < -0.39 is 11.2 Å². The number of rotatable bonds is 6. The summed E-state index contributed by atoms with van der Waals surface area (Å²) in [6, 6.07) is 9.70. The average Bonchev–Trinajstić information content (AvgIpc) is 3.28. The number of hydrogen-bond acceptors (Lipinski definition) is 4. The van der Waals surface area contributed by atoms with Crippen molar-refractivity contribution < 1.29 is 19.1 Å².